The Balaban J connectivity index is 1.63. The summed E-state index contributed by atoms with van der Waals surface area (Å²) >= 11 is 18.3. The summed E-state index contributed by atoms with van der Waals surface area (Å²) < 4.78 is 6.06. The Morgan fingerprint density at radius 1 is 1.23 bits per heavy atom. The number of thioether (sulfide) groups is 1. The molecule has 30 heavy (non-hydrogen) atoms. The van der Waals surface area contributed by atoms with Crippen LogP contribution in [0.25, 0.3) is 6.08 Å². The quantitative estimate of drug-likeness (QED) is 0.328. The van der Waals surface area contributed by atoms with E-state index in [4.69, 9.17) is 40.2 Å². The third-order valence-electron chi connectivity index (χ3n) is 3.86. The van der Waals surface area contributed by atoms with Crippen LogP contribution >= 0.6 is 47.2 Å². The first kappa shape index (κ1) is 22.4. The lowest BCUT2D eigenvalue weighted by Crippen LogP contribution is -2.27. The highest BCUT2D eigenvalue weighted by Gasteiger charge is 2.30. The average molecular weight is 479 g/mol. The van der Waals surface area contributed by atoms with Crippen LogP contribution in [0.15, 0.2) is 60.0 Å². The summed E-state index contributed by atoms with van der Waals surface area (Å²) in [4.78, 5) is 26.6. The van der Waals surface area contributed by atoms with Crippen LogP contribution in [0, 0.1) is 0 Å². The molecule has 1 aliphatic rings. The maximum atomic E-state index is 12.4. The van der Waals surface area contributed by atoms with E-state index in [9.17, 15) is 9.59 Å². The maximum absolute atomic E-state index is 12.4. The fourth-order valence-electron chi connectivity index (χ4n) is 2.60. The van der Waals surface area contributed by atoms with E-state index in [1.54, 1.807) is 48.6 Å². The van der Waals surface area contributed by atoms with Crippen molar-refractivity contribution in [1.29, 1.82) is 0 Å². The van der Waals surface area contributed by atoms with E-state index in [1.165, 1.54) is 16.7 Å². The molecule has 9 heteroatoms. The molecule has 2 aromatic carbocycles. The van der Waals surface area contributed by atoms with E-state index in [1.807, 2.05) is 6.07 Å². The van der Waals surface area contributed by atoms with Crippen molar-refractivity contribution in [1.82, 2.24) is 4.90 Å². The number of rotatable bonds is 7. The molecule has 0 radical (unpaired) electrons. The number of benzene rings is 2. The lowest BCUT2D eigenvalue weighted by Gasteiger charge is -2.10. The van der Waals surface area contributed by atoms with Crippen LogP contribution < -0.4 is 10.1 Å². The summed E-state index contributed by atoms with van der Waals surface area (Å²) in [5, 5.41) is 3.52. The monoisotopic (exact) mass is 478 g/mol. The SMILES string of the molecule is C=CCN1C(=O)/C(=C/c2cccc(OCC(=O)Nc3cc(Cl)cc(Cl)c3)c2)SC1=S. The Labute approximate surface area is 193 Å². The van der Waals surface area contributed by atoms with Gasteiger partial charge in [0.1, 0.15) is 10.1 Å². The van der Waals surface area contributed by atoms with Crippen LogP contribution in [0.5, 0.6) is 5.75 Å². The molecule has 1 fully saturated rings. The highest BCUT2D eigenvalue weighted by molar-refractivity contribution is 8.26. The van der Waals surface area contributed by atoms with Gasteiger partial charge in [-0.3, -0.25) is 14.5 Å². The van der Waals surface area contributed by atoms with Crippen LogP contribution in [0.4, 0.5) is 5.69 Å². The van der Waals surface area contributed by atoms with Crippen molar-refractivity contribution >= 4 is 75.1 Å². The lowest BCUT2D eigenvalue weighted by atomic mass is 10.2. The highest BCUT2D eigenvalue weighted by atomic mass is 35.5. The largest absolute Gasteiger partial charge is 0.484 e. The number of nitrogens with zero attached hydrogens (tertiary/aromatic N) is 1. The molecule has 0 unspecified atom stereocenters. The Morgan fingerprint density at radius 3 is 2.67 bits per heavy atom. The van der Waals surface area contributed by atoms with E-state index in [0.717, 1.165) is 5.56 Å². The van der Waals surface area contributed by atoms with Gasteiger partial charge in [0.15, 0.2) is 6.61 Å². The zero-order chi connectivity index (χ0) is 21.7. The zero-order valence-corrected chi connectivity index (χ0v) is 18.7. The summed E-state index contributed by atoms with van der Waals surface area (Å²) in [6.45, 7) is 3.81. The van der Waals surface area contributed by atoms with Crippen LogP contribution in [0.3, 0.4) is 0 Å². The van der Waals surface area contributed by atoms with Gasteiger partial charge >= 0.3 is 0 Å². The molecule has 0 bridgehead atoms. The molecular formula is C21H16Cl2N2O3S2. The van der Waals surface area contributed by atoms with Crippen molar-refractivity contribution in [2.45, 2.75) is 0 Å². The van der Waals surface area contributed by atoms with Gasteiger partial charge in [-0.25, -0.2) is 0 Å². The second kappa shape index (κ2) is 10.1. The number of hydrogen-bond acceptors (Lipinski definition) is 5. The summed E-state index contributed by atoms with van der Waals surface area (Å²) in [6, 6.07) is 11.8. The first-order valence-corrected chi connectivity index (χ1v) is 10.7. The zero-order valence-electron chi connectivity index (χ0n) is 15.6. The van der Waals surface area contributed by atoms with Gasteiger partial charge in [0.05, 0.1) is 4.91 Å². The van der Waals surface area contributed by atoms with Gasteiger partial charge < -0.3 is 10.1 Å². The Hall–Kier alpha value is -2.32. The van der Waals surface area contributed by atoms with Gasteiger partial charge in [0.2, 0.25) is 0 Å². The number of carbonyl (C=O) groups is 2. The number of hydrogen-bond donors (Lipinski definition) is 1. The number of anilines is 1. The van der Waals surface area contributed by atoms with Gasteiger partial charge in [0, 0.05) is 22.3 Å². The lowest BCUT2D eigenvalue weighted by molar-refractivity contribution is -0.121. The predicted molar refractivity (Wildman–Crippen MR) is 127 cm³/mol. The van der Waals surface area contributed by atoms with Crippen LogP contribution in [-0.2, 0) is 9.59 Å². The van der Waals surface area contributed by atoms with Crippen molar-refractivity contribution in [2.24, 2.45) is 0 Å². The third-order valence-corrected chi connectivity index (χ3v) is 5.67. The molecule has 1 saturated heterocycles. The van der Waals surface area contributed by atoms with Crippen LogP contribution in [0.1, 0.15) is 5.56 Å². The van der Waals surface area contributed by atoms with E-state index in [-0.39, 0.29) is 18.4 Å². The van der Waals surface area contributed by atoms with E-state index >= 15 is 0 Å². The van der Waals surface area contributed by atoms with E-state index in [2.05, 4.69) is 11.9 Å². The molecule has 0 atom stereocenters. The number of amides is 2. The number of nitrogens with one attached hydrogen (secondary N) is 1. The fourth-order valence-corrected chi connectivity index (χ4v) is 4.41. The summed E-state index contributed by atoms with van der Waals surface area (Å²) in [5.74, 6) is -0.0237. The molecule has 0 aliphatic carbocycles. The molecule has 2 amide bonds. The molecule has 1 N–H and O–H groups in total. The first-order valence-electron chi connectivity index (χ1n) is 8.71. The van der Waals surface area contributed by atoms with Gasteiger partial charge in [-0.05, 0) is 42.0 Å². The number of halogens is 2. The van der Waals surface area contributed by atoms with Gasteiger partial charge in [-0.2, -0.15) is 0 Å². The molecule has 2 aromatic rings. The molecule has 1 aliphatic heterocycles. The highest BCUT2D eigenvalue weighted by Crippen LogP contribution is 2.32. The van der Waals surface area contributed by atoms with E-state index < -0.39 is 0 Å². The average Bonchev–Trinajstić information content (AvgIpc) is 2.94. The minimum Gasteiger partial charge on any atom is -0.484 e. The maximum Gasteiger partial charge on any atom is 0.266 e. The van der Waals surface area contributed by atoms with Gasteiger partial charge in [-0.15, -0.1) is 6.58 Å². The summed E-state index contributed by atoms with van der Waals surface area (Å²) in [6.07, 6.45) is 3.37. The van der Waals surface area contributed by atoms with Crippen LogP contribution in [0.2, 0.25) is 10.0 Å². The van der Waals surface area contributed by atoms with Crippen LogP contribution in [-0.4, -0.2) is 34.2 Å². The first-order chi connectivity index (χ1) is 14.4. The third kappa shape index (κ3) is 5.86. The minimum absolute atomic E-state index is 0.157. The van der Waals surface area contributed by atoms with Crippen molar-refractivity contribution in [3.8, 4) is 5.75 Å². The Kier molecular flexibility index (Phi) is 7.55. The molecule has 0 aromatic heterocycles. The predicted octanol–water partition coefficient (Wildman–Crippen LogP) is 5.40. The smallest absolute Gasteiger partial charge is 0.266 e. The van der Waals surface area contributed by atoms with Crippen molar-refractivity contribution in [3.05, 3.63) is 75.6 Å². The fraction of sp³-hybridized carbons (Fsp3) is 0.0952. The summed E-state index contributed by atoms with van der Waals surface area (Å²) in [5.41, 5.74) is 1.24. The molecule has 1 heterocycles. The molecule has 0 spiro atoms. The topological polar surface area (TPSA) is 58.6 Å². The van der Waals surface area contributed by atoms with Gasteiger partial charge in [-0.1, -0.05) is 65.4 Å². The molecular weight excluding hydrogens is 463 g/mol. The number of ether oxygens (including phenoxy) is 1. The second-order valence-corrected chi connectivity index (χ2v) is 8.70. The van der Waals surface area contributed by atoms with Crippen molar-refractivity contribution in [2.75, 3.05) is 18.5 Å². The normalized spacial score (nSPS) is 14.9. The number of carbonyl (C=O) groups excluding carboxylic acids is 2. The minimum atomic E-state index is -0.357. The second-order valence-electron chi connectivity index (χ2n) is 6.15. The molecule has 5 nitrogen and oxygen atoms in total. The standard InChI is InChI=1S/C21H16Cl2N2O3S2/c1-2-6-25-20(27)18(30-21(25)29)8-13-4-3-5-17(7-13)28-12-19(26)24-16-10-14(22)9-15(23)11-16/h2-5,7-11H,1,6,12H2,(H,24,26)/b18-8-. The molecule has 3 rings (SSSR count). The molecule has 154 valence electrons. The summed E-state index contributed by atoms with van der Waals surface area (Å²) in [7, 11) is 0. The Morgan fingerprint density at radius 2 is 1.97 bits per heavy atom. The Bertz CT molecular complexity index is 1040. The van der Waals surface area contributed by atoms with Crippen molar-refractivity contribution in [3.63, 3.8) is 0 Å². The number of thiocarbonyl (C=S) groups is 1. The van der Waals surface area contributed by atoms with Gasteiger partial charge in [0.25, 0.3) is 11.8 Å². The van der Waals surface area contributed by atoms with Crippen molar-refractivity contribution < 1.29 is 14.3 Å². The van der Waals surface area contributed by atoms with E-state index in [0.29, 0.717) is 37.3 Å². The molecule has 0 saturated carbocycles.